The molecule has 2 aromatic heterocycles. The number of hydrogen-bond acceptors (Lipinski definition) is 3. The van der Waals surface area contributed by atoms with Crippen LogP contribution in [0.1, 0.15) is 18.4 Å². The van der Waals surface area contributed by atoms with Crippen LogP contribution < -0.4 is 5.43 Å². The predicted molar refractivity (Wildman–Crippen MR) is 78.1 cm³/mol. The summed E-state index contributed by atoms with van der Waals surface area (Å²) in [6, 6.07) is 7.48. The predicted octanol–water partition coefficient (Wildman–Crippen LogP) is 2.37. The fraction of sp³-hybridized carbons (Fsp3) is 0.200. The molecule has 104 valence electrons. The summed E-state index contributed by atoms with van der Waals surface area (Å²) in [5, 5.41) is 3.92. The minimum Gasteiger partial charge on any atom is -0.465 e. The summed E-state index contributed by atoms with van der Waals surface area (Å²) in [4.78, 5) is 11.7. The molecule has 0 fully saturated rings. The number of nitrogens with zero attached hydrogens (tertiary/aromatic N) is 2. The Morgan fingerprint density at radius 1 is 1.45 bits per heavy atom. The first-order valence-corrected chi connectivity index (χ1v) is 6.29. The van der Waals surface area contributed by atoms with Gasteiger partial charge < -0.3 is 8.98 Å². The second kappa shape index (κ2) is 6.56. The topological polar surface area (TPSA) is 59.5 Å². The van der Waals surface area contributed by atoms with Gasteiger partial charge >= 0.3 is 0 Å². The molecule has 0 aromatic carbocycles. The Morgan fingerprint density at radius 2 is 2.30 bits per heavy atom. The number of rotatable bonds is 5. The molecular formula is C15H17N3O2. The maximum atomic E-state index is 11.7. The monoisotopic (exact) mass is 271 g/mol. The van der Waals surface area contributed by atoms with Gasteiger partial charge in [-0.05, 0) is 42.8 Å². The molecule has 2 aromatic rings. The van der Waals surface area contributed by atoms with Crippen LogP contribution in [0.4, 0.5) is 0 Å². The van der Waals surface area contributed by atoms with E-state index in [2.05, 4.69) is 10.5 Å². The van der Waals surface area contributed by atoms with E-state index in [1.165, 1.54) is 0 Å². The van der Waals surface area contributed by atoms with E-state index in [0.29, 0.717) is 6.42 Å². The largest absolute Gasteiger partial charge is 0.465 e. The molecule has 1 N–H and O–H groups in total. The van der Waals surface area contributed by atoms with Crippen LogP contribution in [0.25, 0.3) is 6.08 Å². The van der Waals surface area contributed by atoms with E-state index in [4.69, 9.17) is 4.42 Å². The van der Waals surface area contributed by atoms with Crippen LogP contribution in [-0.4, -0.2) is 16.7 Å². The number of hydrogen-bond donors (Lipinski definition) is 1. The van der Waals surface area contributed by atoms with Crippen LogP contribution in [0.2, 0.25) is 0 Å². The molecule has 0 aliphatic heterocycles. The summed E-state index contributed by atoms with van der Waals surface area (Å²) < 4.78 is 7.09. The Morgan fingerprint density at radius 3 is 2.95 bits per heavy atom. The zero-order valence-corrected chi connectivity index (χ0v) is 11.5. The number of carbonyl (C=O) groups is 1. The number of aromatic nitrogens is 1. The molecule has 0 radical (unpaired) electrons. The van der Waals surface area contributed by atoms with E-state index in [9.17, 15) is 4.79 Å². The smallest absolute Gasteiger partial charge is 0.245 e. The number of allylic oxidation sites excluding steroid dienone is 1. The third kappa shape index (κ3) is 3.98. The van der Waals surface area contributed by atoms with Gasteiger partial charge in [0, 0.05) is 18.9 Å². The number of furan rings is 1. The van der Waals surface area contributed by atoms with Crippen LogP contribution in [0.3, 0.4) is 0 Å². The van der Waals surface area contributed by atoms with E-state index in [1.807, 2.05) is 55.1 Å². The average Bonchev–Trinajstić information content (AvgIpc) is 3.02. The maximum absolute atomic E-state index is 11.7. The highest BCUT2D eigenvalue weighted by Crippen LogP contribution is 2.05. The molecule has 20 heavy (non-hydrogen) atoms. The van der Waals surface area contributed by atoms with Crippen molar-refractivity contribution in [3.8, 4) is 0 Å². The third-order valence-electron chi connectivity index (χ3n) is 2.76. The average molecular weight is 271 g/mol. The lowest BCUT2D eigenvalue weighted by atomic mass is 10.3. The van der Waals surface area contributed by atoms with E-state index < -0.39 is 0 Å². The summed E-state index contributed by atoms with van der Waals surface area (Å²) in [6.45, 7) is 1.88. The molecule has 5 heteroatoms. The van der Waals surface area contributed by atoms with Crippen molar-refractivity contribution in [3.63, 3.8) is 0 Å². The number of carbonyl (C=O) groups excluding carboxylic acids is 1. The number of aryl methyl sites for hydroxylation is 1. The van der Waals surface area contributed by atoms with Crippen molar-refractivity contribution >= 4 is 18.2 Å². The van der Waals surface area contributed by atoms with Crippen molar-refractivity contribution in [2.75, 3.05) is 0 Å². The molecule has 1 amide bonds. The first-order valence-electron chi connectivity index (χ1n) is 6.29. The second-order valence-corrected chi connectivity index (χ2v) is 4.48. The highest BCUT2D eigenvalue weighted by atomic mass is 16.3. The SMILES string of the molecule is CC(/C=N\NC(=O)Cc1cccn1C)=C\c1ccco1. The van der Waals surface area contributed by atoms with Crippen molar-refractivity contribution < 1.29 is 9.21 Å². The molecule has 0 saturated heterocycles. The van der Waals surface area contributed by atoms with E-state index >= 15 is 0 Å². The van der Waals surface area contributed by atoms with Crippen LogP contribution in [0.15, 0.2) is 51.8 Å². The maximum Gasteiger partial charge on any atom is 0.245 e. The molecule has 0 saturated carbocycles. The van der Waals surface area contributed by atoms with E-state index in [0.717, 1.165) is 17.0 Å². The van der Waals surface area contributed by atoms with Gasteiger partial charge in [-0.1, -0.05) is 0 Å². The molecule has 0 spiro atoms. The number of hydrazone groups is 1. The fourth-order valence-electron chi connectivity index (χ4n) is 1.73. The molecule has 0 atom stereocenters. The van der Waals surface area contributed by atoms with Crippen LogP contribution >= 0.6 is 0 Å². The third-order valence-corrected chi connectivity index (χ3v) is 2.76. The van der Waals surface area contributed by atoms with Gasteiger partial charge in [-0.15, -0.1) is 0 Å². The normalized spacial score (nSPS) is 12.0. The Kier molecular flexibility index (Phi) is 4.55. The molecule has 0 unspecified atom stereocenters. The van der Waals surface area contributed by atoms with Crippen LogP contribution in [-0.2, 0) is 18.3 Å². The summed E-state index contributed by atoms with van der Waals surface area (Å²) in [5.41, 5.74) is 4.34. The Hall–Kier alpha value is -2.56. The summed E-state index contributed by atoms with van der Waals surface area (Å²) in [7, 11) is 1.90. The lowest BCUT2D eigenvalue weighted by Gasteiger charge is -2.01. The van der Waals surface area contributed by atoms with E-state index in [1.54, 1.807) is 12.5 Å². The highest BCUT2D eigenvalue weighted by Gasteiger charge is 2.04. The lowest BCUT2D eigenvalue weighted by Crippen LogP contribution is -2.20. The molecule has 2 heterocycles. The first-order chi connectivity index (χ1) is 9.65. The molecule has 5 nitrogen and oxygen atoms in total. The Labute approximate surface area is 117 Å². The summed E-state index contributed by atoms with van der Waals surface area (Å²) in [6.07, 6.45) is 7.25. The Balaban J connectivity index is 1.84. The molecule has 2 rings (SSSR count). The highest BCUT2D eigenvalue weighted by molar-refractivity contribution is 5.86. The van der Waals surface area contributed by atoms with Crippen molar-refractivity contribution in [2.45, 2.75) is 13.3 Å². The molecule has 0 bridgehead atoms. The minimum absolute atomic E-state index is 0.145. The molecule has 0 aliphatic rings. The van der Waals surface area contributed by atoms with Gasteiger partial charge in [0.15, 0.2) is 0 Å². The van der Waals surface area contributed by atoms with Gasteiger partial charge in [-0.2, -0.15) is 5.10 Å². The van der Waals surface area contributed by atoms with Crippen molar-refractivity contribution in [2.24, 2.45) is 12.1 Å². The van der Waals surface area contributed by atoms with Crippen LogP contribution in [0, 0.1) is 0 Å². The lowest BCUT2D eigenvalue weighted by molar-refractivity contribution is -0.120. The number of nitrogens with one attached hydrogen (secondary N) is 1. The first kappa shape index (κ1) is 13.9. The zero-order chi connectivity index (χ0) is 14.4. The van der Waals surface area contributed by atoms with Gasteiger partial charge in [0.25, 0.3) is 0 Å². The van der Waals surface area contributed by atoms with Gasteiger partial charge in [-0.25, -0.2) is 5.43 Å². The van der Waals surface area contributed by atoms with Crippen molar-refractivity contribution in [1.29, 1.82) is 0 Å². The second-order valence-electron chi connectivity index (χ2n) is 4.48. The van der Waals surface area contributed by atoms with Crippen molar-refractivity contribution in [1.82, 2.24) is 9.99 Å². The van der Waals surface area contributed by atoms with Gasteiger partial charge in [-0.3, -0.25) is 4.79 Å². The fourth-order valence-corrected chi connectivity index (χ4v) is 1.73. The van der Waals surface area contributed by atoms with Crippen molar-refractivity contribution in [3.05, 3.63) is 53.8 Å². The zero-order valence-electron chi connectivity index (χ0n) is 11.5. The minimum atomic E-state index is -0.145. The quantitative estimate of drug-likeness (QED) is 0.670. The number of amides is 1. The molecule has 0 aliphatic carbocycles. The summed E-state index contributed by atoms with van der Waals surface area (Å²) in [5.74, 6) is 0.609. The summed E-state index contributed by atoms with van der Waals surface area (Å²) >= 11 is 0. The van der Waals surface area contributed by atoms with Gasteiger partial charge in [0.05, 0.1) is 18.9 Å². The van der Waals surface area contributed by atoms with Gasteiger partial charge in [0.1, 0.15) is 5.76 Å². The standard InChI is InChI=1S/C15H17N3O2/c1-12(9-14-6-4-8-20-14)11-16-17-15(19)10-13-5-3-7-18(13)2/h3-9,11H,10H2,1-2H3,(H,17,19)/b12-9+,16-11-. The van der Waals surface area contributed by atoms with E-state index in [-0.39, 0.29) is 5.91 Å². The molecular weight excluding hydrogens is 254 g/mol. The Bertz CT molecular complexity index is 621. The van der Waals surface area contributed by atoms with Gasteiger partial charge in [0.2, 0.25) is 5.91 Å². The van der Waals surface area contributed by atoms with Crippen LogP contribution in [0.5, 0.6) is 0 Å².